The predicted octanol–water partition coefficient (Wildman–Crippen LogP) is 3.38. The third-order valence-electron chi connectivity index (χ3n) is 2.97. The molecule has 96 valence electrons. The first-order valence-electron chi connectivity index (χ1n) is 5.69. The van der Waals surface area contributed by atoms with E-state index >= 15 is 0 Å². The number of halogens is 1. The van der Waals surface area contributed by atoms with E-state index in [1.165, 1.54) is 0 Å². The number of hydrogen-bond donors (Lipinski definition) is 1. The van der Waals surface area contributed by atoms with Gasteiger partial charge in [-0.25, -0.2) is 4.21 Å². The topological polar surface area (TPSA) is 46.2 Å². The van der Waals surface area contributed by atoms with Crippen LogP contribution in [0.1, 0.15) is 15.9 Å². The lowest BCUT2D eigenvalue weighted by atomic mass is 10.2. The van der Waals surface area contributed by atoms with E-state index in [9.17, 15) is 9.00 Å². The Labute approximate surface area is 118 Å². The maximum Gasteiger partial charge on any atom is 0.256 e. The number of carbonyl (C=O) groups is 1. The molecule has 0 bridgehead atoms. The Morgan fingerprint density at radius 1 is 1.11 bits per heavy atom. The Balaban J connectivity index is 2.27. The van der Waals surface area contributed by atoms with Crippen molar-refractivity contribution in [1.82, 2.24) is 0 Å². The summed E-state index contributed by atoms with van der Waals surface area (Å²) >= 11 is 5.90. The van der Waals surface area contributed by atoms with Crippen molar-refractivity contribution < 1.29 is 9.00 Å². The Morgan fingerprint density at radius 2 is 1.84 bits per heavy atom. The van der Waals surface area contributed by atoms with E-state index in [1.807, 2.05) is 19.1 Å². The number of rotatable bonds is 0. The van der Waals surface area contributed by atoms with Crippen LogP contribution in [0.5, 0.6) is 0 Å². The molecule has 0 saturated carbocycles. The van der Waals surface area contributed by atoms with Gasteiger partial charge in [0.05, 0.1) is 31.8 Å². The number of carbonyl (C=O) groups excluding carboxylic acids is 1. The first kappa shape index (κ1) is 12.4. The van der Waals surface area contributed by atoms with Gasteiger partial charge in [-0.15, -0.1) is 0 Å². The van der Waals surface area contributed by atoms with Gasteiger partial charge in [0.25, 0.3) is 5.91 Å². The van der Waals surface area contributed by atoms with E-state index in [4.69, 9.17) is 11.6 Å². The van der Waals surface area contributed by atoms with Crippen LogP contribution < -0.4 is 5.32 Å². The van der Waals surface area contributed by atoms with Crippen LogP contribution in [0.15, 0.2) is 46.2 Å². The molecule has 0 radical (unpaired) electrons. The molecule has 1 unspecified atom stereocenters. The molecule has 1 amide bonds. The number of fused-ring (bicyclic) bond motifs is 2. The van der Waals surface area contributed by atoms with Crippen LogP contribution in [0, 0.1) is 6.92 Å². The molecule has 0 fully saturated rings. The fraction of sp³-hybridized carbons (Fsp3) is 0.0714. The van der Waals surface area contributed by atoms with Gasteiger partial charge < -0.3 is 5.32 Å². The van der Waals surface area contributed by atoms with Crippen molar-refractivity contribution in [3.8, 4) is 0 Å². The highest BCUT2D eigenvalue weighted by Gasteiger charge is 2.24. The molecule has 2 aromatic rings. The van der Waals surface area contributed by atoms with E-state index in [0.717, 1.165) is 5.56 Å². The summed E-state index contributed by atoms with van der Waals surface area (Å²) in [6.45, 7) is 1.92. The van der Waals surface area contributed by atoms with E-state index in [-0.39, 0.29) is 5.91 Å². The SMILES string of the molecule is Cc1ccc2c(c1)NC(=O)c1cc(Cl)ccc1S2=O. The Kier molecular flexibility index (Phi) is 2.92. The lowest BCUT2D eigenvalue weighted by Crippen LogP contribution is -2.11. The van der Waals surface area contributed by atoms with Gasteiger partial charge in [0.15, 0.2) is 0 Å². The van der Waals surface area contributed by atoms with E-state index < -0.39 is 10.8 Å². The fourth-order valence-corrected chi connectivity index (χ4v) is 3.51. The molecule has 1 aliphatic rings. The van der Waals surface area contributed by atoms with Gasteiger partial charge in [0, 0.05) is 5.02 Å². The first-order chi connectivity index (χ1) is 9.06. The third kappa shape index (κ3) is 2.07. The molecule has 1 aliphatic heterocycles. The average molecular weight is 292 g/mol. The van der Waals surface area contributed by atoms with E-state index in [2.05, 4.69) is 5.32 Å². The zero-order valence-corrected chi connectivity index (χ0v) is 11.6. The van der Waals surface area contributed by atoms with Crippen molar-refractivity contribution >= 4 is 34.0 Å². The second-order valence-corrected chi connectivity index (χ2v) is 6.22. The quantitative estimate of drug-likeness (QED) is 0.809. The highest BCUT2D eigenvalue weighted by atomic mass is 35.5. The molecular formula is C14H10ClNO2S. The summed E-state index contributed by atoms with van der Waals surface area (Å²) in [5.74, 6) is -0.282. The summed E-state index contributed by atoms with van der Waals surface area (Å²) in [6, 6.07) is 10.3. The lowest BCUT2D eigenvalue weighted by Gasteiger charge is -2.06. The molecule has 0 aliphatic carbocycles. The lowest BCUT2D eigenvalue weighted by molar-refractivity contribution is 0.102. The number of aryl methyl sites for hydroxylation is 1. The second-order valence-electron chi connectivity index (χ2n) is 4.36. The molecule has 5 heteroatoms. The predicted molar refractivity (Wildman–Crippen MR) is 75.3 cm³/mol. The molecule has 3 nitrogen and oxygen atoms in total. The molecule has 0 spiro atoms. The summed E-state index contributed by atoms with van der Waals surface area (Å²) in [5.41, 5.74) is 1.95. The molecule has 19 heavy (non-hydrogen) atoms. The highest BCUT2D eigenvalue weighted by Crippen LogP contribution is 2.32. The largest absolute Gasteiger partial charge is 0.321 e. The van der Waals surface area contributed by atoms with Gasteiger partial charge in [-0.2, -0.15) is 0 Å². The van der Waals surface area contributed by atoms with Crippen LogP contribution in [-0.2, 0) is 10.8 Å². The summed E-state index contributed by atoms with van der Waals surface area (Å²) < 4.78 is 12.6. The standard InChI is InChI=1S/C14H10ClNO2S/c1-8-2-4-13-11(6-8)16-14(17)10-7-9(15)3-5-12(10)19(13)18/h2-7H,1H3,(H,16,17). The van der Waals surface area contributed by atoms with Gasteiger partial charge >= 0.3 is 0 Å². The van der Waals surface area contributed by atoms with E-state index in [0.29, 0.717) is 26.1 Å². The van der Waals surface area contributed by atoms with E-state index in [1.54, 1.807) is 24.3 Å². The number of hydrogen-bond acceptors (Lipinski definition) is 2. The summed E-state index contributed by atoms with van der Waals surface area (Å²) in [6.07, 6.45) is 0. The van der Waals surface area contributed by atoms with Crippen molar-refractivity contribution in [1.29, 1.82) is 0 Å². The van der Waals surface area contributed by atoms with Crippen LogP contribution in [-0.4, -0.2) is 10.1 Å². The first-order valence-corrected chi connectivity index (χ1v) is 7.22. The minimum absolute atomic E-state index is 0.282. The van der Waals surface area contributed by atoms with Crippen molar-refractivity contribution in [3.63, 3.8) is 0 Å². The highest BCUT2D eigenvalue weighted by molar-refractivity contribution is 7.85. The molecule has 0 saturated heterocycles. The maximum atomic E-state index is 12.6. The third-order valence-corrected chi connectivity index (χ3v) is 4.72. The number of nitrogens with one attached hydrogen (secondary N) is 1. The summed E-state index contributed by atoms with van der Waals surface area (Å²) in [7, 11) is -1.39. The van der Waals surface area contributed by atoms with Crippen molar-refractivity contribution in [2.45, 2.75) is 16.7 Å². The van der Waals surface area contributed by atoms with Gasteiger partial charge in [-0.3, -0.25) is 4.79 Å². The fourth-order valence-electron chi connectivity index (χ4n) is 2.05. The van der Waals surface area contributed by atoms with Gasteiger partial charge in [0.2, 0.25) is 0 Å². The van der Waals surface area contributed by atoms with Crippen LogP contribution in [0.4, 0.5) is 5.69 Å². The normalized spacial score (nSPS) is 17.2. The number of benzene rings is 2. The average Bonchev–Trinajstić information content (AvgIpc) is 2.46. The molecule has 2 aromatic carbocycles. The summed E-state index contributed by atoms with van der Waals surface area (Å²) in [5, 5.41) is 3.24. The molecule has 1 N–H and O–H groups in total. The zero-order valence-electron chi connectivity index (χ0n) is 10.1. The monoisotopic (exact) mass is 291 g/mol. The maximum absolute atomic E-state index is 12.6. The van der Waals surface area contributed by atoms with Crippen molar-refractivity contribution in [2.75, 3.05) is 5.32 Å². The number of anilines is 1. The van der Waals surface area contributed by atoms with Crippen molar-refractivity contribution in [3.05, 3.63) is 52.5 Å². The van der Waals surface area contributed by atoms with Crippen LogP contribution in [0.25, 0.3) is 0 Å². The molecule has 1 atom stereocenters. The van der Waals surface area contributed by atoms with Crippen LogP contribution in [0.2, 0.25) is 5.02 Å². The molecule has 3 rings (SSSR count). The Bertz CT molecular complexity index is 727. The smallest absolute Gasteiger partial charge is 0.256 e. The molecule has 0 aromatic heterocycles. The van der Waals surface area contributed by atoms with Gasteiger partial charge in [-0.05, 0) is 42.8 Å². The molecular weight excluding hydrogens is 282 g/mol. The Hall–Kier alpha value is -1.65. The minimum Gasteiger partial charge on any atom is -0.321 e. The van der Waals surface area contributed by atoms with Crippen molar-refractivity contribution in [2.24, 2.45) is 0 Å². The van der Waals surface area contributed by atoms with Gasteiger partial charge in [-0.1, -0.05) is 17.7 Å². The second kappa shape index (κ2) is 4.47. The number of amides is 1. The molecule has 1 heterocycles. The minimum atomic E-state index is -1.39. The van der Waals surface area contributed by atoms with Gasteiger partial charge in [0.1, 0.15) is 0 Å². The summed E-state index contributed by atoms with van der Waals surface area (Å²) in [4.78, 5) is 13.3. The Morgan fingerprint density at radius 3 is 2.63 bits per heavy atom. The van der Waals surface area contributed by atoms with Crippen LogP contribution >= 0.6 is 11.6 Å². The zero-order chi connectivity index (χ0) is 13.6. The van der Waals surface area contributed by atoms with Crippen LogP contribution in [0.3, 0.4) is 0 Å².